The third kappa shape index (κ3) is 4.28. The molecule has 2 N–H and O–H groups in total. The number of aromatic nitrogens is 8. The number of benzene rings is 2. The van der Waals surface area contributed by atoms with Crippen LogP contribution in [-0.2, 0) is 19.6 Å². The molecule has 10 nitrogen and oxygen atoms in total. The Morgan fingerprint density at radius 3 is 2.48 bits per heavy atom. The van der Waals surface area contributed by atoms with Gasteiger partial charge in [0.25, 0.3) is 5.91 Å². The molecule has 222 valence electrons. The molecule has 0 bridgehead atoms. The number of fused-ring (bicyclic) bond motifs is 2. The Balaban J connectivity index is 1.16. The van der Waals surface area contributed by atoms with Gasteiger partial charge in [0.05, 0.1) is 32.9 Å². The van der Waals surface area contributed by atoms with E-state index < -0.39 is 5.54 Å². The molecule has 2 aromatic carbocycles. The standard InChI is InChI=1S/C33H32BrN9O/c1-42-26-15-21(8-10-23(26)28(19-6-3-4-7-19)29(42)30-35-16-22(34)17-36-30)31(44)39-33(12-5-13-33)32-38-24-11-9-20(14-27(24)43(32)2)25-18-37-41-40-25/h8-11,14-19H,3-7,12-13H2,1-2H3,(H,39,44)(H,37,40,41). The number of aryl methyl sites for hydroxylation is 2. The summed E-state index contributed by atoms with van der Waals surface area (Å²) < 4.78 is 5.12. The van der Waals surface area contributed by atoms with Crippen molar-refractivity contribution < 1.29 is 4.79 Å². The van der Waals surface area contributed by atoms with Crippen molar-refractivity contribution in [3.63, 3.8) is 0 Å². The van der Waals surface area contributed by atoms with Gasteiger partial charge in [0.15, 0.2) is 5.82 Å². The third-order valence-electron chi connectivity index (χ3n) is 9.68. The normalized spacial score (nSPS) is 16.5. The van der Waals surface area contributed by atoms with E-state index in [-0.39, 0.29) is 5.91 Å². The molecule has 0 saturated heterocycles. The minimum Gasteiger partial charge on any atom is -0.341 e. The maximum absolute atomic E-state index is 14.0. The van der Waals surface area contributed by atoms with Crippen LogP contribution in [0.25, 0.3) is 44.7 Å². The molecule has 0 unspecified atom stereocenters. The Bertz CT molecular complexity index is 2030. The zero-order valence-electron chi connectivity index (χ0n) is 24.6. The molecule has 44 heavy (non-hydrogen) atoms. The summed E-state index contributed by atoms with van der Waals surface area (Å²) in [6.07, 6.45) is 12.8. The van der Waals surface area contributed by atoms with Crippen LogP contribution in [0.15, 0.2) is 59.5 Å². The van der Waals surface area contributed by atoms with Gasteiger partial charge in [-0.2, -0.15) is 15.4 Å². The Kier molecular flexibility index (Phi) is 6.40. The average molecular weight is 651 g/mol. The lowest BCUT2D eigenvalue weighted by molar-refractivity contribution is 0.0805. The molecule has 0 radical (unpaired) electrons. The van der Waals surface area contributed by atoms with Gasteiger partial charge in [0.2, 0.25) is 0 Å². The van der Waals surface area contributed by atoms with Crippen molar-refractivity contribution in [2.24, 2.45) is 14.1 Å². The topological polar surface area (TPSA) is 119 Å². The highest BCUT2D eigenvalue weighted by atomic mass is 79.9. The van der Waals surface area contributed by atoms with E-state index in [0.29, 0.717) is 17.3 Å². The second-order valence-electron chi connectivity index (χ2n) is 12.2. The fourth-order valence-electron chi connectivity index (χ4n) is 7.28. The van der Waals surface area contributed by atoms with Gasteiger partial charge in [-0.3, -0.25) is 4.79 Å². The second kappa shape index (κ2) is 10.4. The number of hydrogen-bond acceptors (Lipinski definition) is 6. The Hall–Kier alpha value is -4.38. The molecule has 2 aliphatic rings. The largest absolute Gasteiger partial charge is 0.341 e. The van der Waals surface area contributed by atoms with Gasteiger partial charge < -0.3 is 14.5 Å². The van der Waals surface area contributed by atoms with Gasteiger partial charge in [-0.15, -0.1) is 0 Å². The van der Waals surface area contributed by atoms with Crippen LogP contribution in [-0.4, -0.2) is 45.4 Å². The Morgan fingerprint density at radius 2 is 1.77 bits per heavy atom. The minimum absolute atomic E-state index is 0.0907. The zero-order valence-corrected chi connectivity index (χ0v) is 26.2. The van der Waals surface area contributed by atoms with Crippen molar-refractivity contribution in [1.82, 2.24) is 44.8 Å². The maximum atomic E-state index is 14.0. The number of halogens is 1. The van der Waals surface area contributed by atoms with Crippen LogP contribution in [0.5, 0.6) is 0 Å². The lowest BCUT2D eigenvalue weighted by Crippen LogP contribution is -2.52. The van der Waals surface area contributed by atoms with Crippen molar-refractivity contribution >= 4 is 43.8 Å². The summed E-state index contributed by atoms with van der Waals surface area (Å²) in [6, 6.07) is 12.2. The van der Waals surface area contributed by atoms with Gasteiger partial charge in [-0.1, -0.05) is 25.0 Å². The van der Waals surface area contributed by atoms with Crippen molar-refractivity contribution in [3.8, 4) is 22.8 Å². The lowest BCUT2D eigenvalue weighted by Gasteiger charge is -2.41. The SMILES string of the molecule is Cn1c(C2(NC(=O)c3ccc4c(C5CCCC5)c(-c5ncc(Br)cn5)n(C)c4c3)CCC2)nc2ccc(-c3cn[nH]n3)cc21. The minimum atomic E-state index is -0.520. The molecule has 2 aliphatic carbocycles. The van der Waals surface area contributed by atoms with Crippen molar-refractivity contribution in [3.05, 3.63) is 76.4 Å². The number of aromatic amines is 1. The van der Waals surface area contributed by atoms with E-state index >= 15 is 0 Å². The maximum Gasteiger partial charge on any atom is 0.252 e. The molecule has 11 heteroatoms. The summed E-state index contributed by atoms with van der Waals surface area (Å²) in [6.45, 7) is 0. The van der Waals surface area contributed by atoms with Crippen LogP contribution < -0.4 is 5.32 Å². The molecular formula is C33H32BrN9O. The van der Waals surface area contributed by atoms with Crippen molar-refractivity contribution in [2.75, 3.05) is 0 Å². The van der Waals surface area contributed by atoms with Crippen LogP contribution in [0, 0.1) is 0 Å². The number of nitrogens with zero attached hydrogens (tertiary/aromatic N) is 7. The fourth-order valence-corrected chi connectivity index (χ4v) is 7.49. The van der Waals surface area contributed by atoms with Crippen LogP contribution in [0.3, 0.4) is 0 Å². The Labute approximate surface area is 262 Å². The molecule has 6 aromatic rings. The molecule has 0 spiro atoms. The van der Waals surface area contributed by atoms with E-state index in [9.17, 15) is 4.79 Å². The number of hydrogen-bond donors (Lipinski definition) is 2. The van der Waals surface area contributed by atoms with Crippen LogP contribution in [0.1, 0.15) is 72.6 Å². The third-order valence-corrected chi connectivity index (χ3v) is 10.1. The van der Waals surface area contributed by atoms with E-state index in [2.05, 4.69) is 74.9 Å². The predicted molar refractivity (Wildman–Crippen MR) is 172 cm³/mol. The van der Waals surface area contributed by atoms with E-state index in [1.54, 1.807) is 18.6 Å². The summed E-state index contributed by atoms with van der Waals surface area (Å²) in [5.74, 6) is 1.96. The van der Waals surface area contributed by atoms with Crippen molar-refractivity contribution in [1.29, 1.82) is 0 Å². The highest BCUT2D eigenvalue weighted by Crippen LogP contribution is 2.45. The monoisotopic (exact) mass is 649 g/mol. The van der Waals surface area contributed by atoms with Crippen LogP contribution in [0.2, 0.25) is 0 Å². The first-order chi connectivity index (χ1) is 21.4. The summed E-state index contributed by atoms with van der Waals surface area (Å²) in [5.41, 5.74) is 7.11. The first kappa shape index (κ1) is 27.2. The predicted octanol–water partition coefficient (Wildman–Crippen LogP) is 6.54. The molecular weight excluding hydrogens is 618 g/mol. The number of H-pyrrole nitrogens is 1. The molecule has 4 aromatic heterocycles. The summed E-state index contributed by atoms with van der Waals surface area (Å²) in [4.78, 5) is 28.3. The van der Waals surface area contributed by atoms with E-state index in [1.165, 1.54) is 23.8 Å². The molecule has 0 atom stereocenters. The number of imidazole rings is 1. The van der Waals surface area contributed by atoms with Crippen LogP contribution >= 0.6 is 15.9 Å². The van der Waals surface area contributed by atoms with Gasteiger partial charge in [-0.05, 0) is 83.8 Å². The van der Waals surface area contributed by atoms with E-state index in [0.717, 1.165) is 75.9 Å². The number of carbonyl (C=O) groups is 1. The number of carbonyl (C=O) groups excluding carboxylic acids is 1. The summed E-state index contributed by atoms with van der Waals surface area (Å²) in [5, 5.41) is 15.4. The van der Waals surface area contributed by atoms with Crippen molar-refractivity contribution in [2.45, 2.75) is 56.4 Å². The lowest BCUT2D eigenvalue weighted by atomic mass is 9.75. The smallest absolute Gasteiger partial charge is 0.252 e. The van der Waals surface area contributed by atoms with Gasteiger partial charge in [0.1, 0.15) is 11.5 Å². The highest BCUT2D eigenvalue weighted by Gasteiger charge is 2.44. The van der Waals surface area contributed by atoms with Gasteiger partial charge >= 0.3 is 0 Å². The Morgan fingerprint density at radius 1 is 0.977 bits per heavy atom. The zero-order chi connectivity index (χ0) is 30.0. The van der Waals surface area contributed by atoms with E-state index in [1.807, 2.05) is 31.3 Å². The summed E-state index contributed by atoms with van der Waals surface area (Å²) >= 11 is 3.47. The van der Waals surface area contributed by atoms with E-state index in [4.69, 9.17) is 4.98 Å². The first-order valence-electron chi connectivity index (χ1n) is 15.2. The molecule has 2 saturated carbocycles. The number of rotatable bonds is 6. The second-order valence-corrected chi connectivity index (χ2v) is 13.1. The number of amides is 1. The molecule has 8 rings (SSSR count). The molecule has 1 amide bonds. The average Bonchev–Trinajstić information content (AvgIpc) is 3.83. The fraction of sp³-hybridized carbons (Fsp3) is 0.333. The van der Waals surface area contributed by atoms with Gasteiger partial charge in [0, 0.05) is 48.5 Å². The van der Waals surface area contributed by atoms with Gasteiger partial charge in [-0.25, -0.2) is 15.0 Å². The first-order valence-corrected chi connectivity index (χ1v) is 16.0. The summed E-state index contributed by atoms with van der Waals surface area (Å²) in [7, 11) is 4.08. The molecule has 2 fully saturated rings. The molecule has 4 heterocycles. The highest BCUT2D eigenvalue weighted by molar-refractivity contribution is 9.10. The quantitative estimate of drug-likeness (QED) is 0.212. The molecule has 0 aliphatic heterocycles. The number of nitrogens with one attached hydrogen (secondary N) is 2. The van der Waals surface area contributed by atoms with Crippen LogP contribution in [0.4, 0.5) is 0 Å².